The van der Waals surface area contributed by atoms with E-state index >= 15 is 0 Å². The molecule has 3 aromatic rings. The molecule has 0 saturated heterocycles. The maximum absolute atomic E-state index is 14.0. The summed E-state index contributed by atoms with van der Waals surface area (Å²) in [6.07, 6.45) is 2.67. The fourth-order valence-corrected chi connectivity index (χ4v) is 5.77. The number of halogens is 3. The number of fused-ring (bicyclic) bond motifs is 1. The summed E-state index contributed by atoms with van der Waals surface area (Å²) in [7, 11) is -4.37. The van der Waals surface area contributed by atoms with Crippen LogP contribution in [0.1, 0.15) is 18.1 Å². The van der Waals surface area contributed by atoms with Crippen LogP contribution >= 0.6 is 11.6 Å². The number of rotatable bonds is 4. The number of nitrogens with zero attached hydrogens (tertiary/aromatic N) is 4. The van der Waals surface area contributed by atoms with Gasteiger partial charge in [-0.25, -0.2) is 31.5 Å². The van der Waals surface area contributed by atoms with Crippen molar-refractivity contribution in [1.29, 1.82) is 5.26 Å². The first kappa shape index (κ1) is 22.4. The van der Waals surface area contributed by atoms with Crippen LogP contribution in [0.4, 0.5) is 26.1 Å². The number of sulfonamides is 1. The summed E-state index contributed by atoms with van der Waals surface area (Å²) in [5.74, 6) is -1.91. The van der Waals surface area contributed by atoms with Gasteiger partial charge in [-0.3, -0.25) is 0 Å². The molecular formula is C21H15ClF2N6O2S. The first-order valence-electron chi connectivity index (χ1n) is 9.42. The highest BCUT2D eigenvalue weighted by Crippen LogP contribution is 2.40. The van der Waals surface area contributed by atoms with Crippen LogP contribution in [-0.4, -0.2) is 24.4 Å². The Balaban J connectivity index is 1.91. The lowest BCUT2D eigenvalue weighted by Gasteiger charge is -2.34. The van der Waals surface area contributed by atoms with Gasteiger partial charge < -0.3 is 11.1 Å². The second kappa shape index (κ2) is 8.31. The topological polar surface area (TPSA) is 125 Å². The molecule has 0 spiro atoms. The van der Waals surface area contributed by atoms with Gasteiger partial charge in [0.1, 0.15) is 46.1 Å². The predicted octanol–water partition coefficient (Wildman–Crippen LogP) is 3.91. The third-order valence-corrected chi connectivity index (χ3v) is 7.20. The van der Waals surface area contributed by atoms with E-state index in [0.29, 0.717) is 11.6 Å². The van der Waals surface area contributed by atoms with E-state index in [2.05, 4.69) is 15.3 Å². The van der Waals surface area contributed by atoms with Gasteiger partial charge in [-0.05, 0) is 36.8 Å². The molecule has 33 heavy (non-hydrogen) atoms. The Morgan fingerprint density at radius 2 is 1.91 bits per heavy atom. The van der Waals surface area contributed by atoms with Crippen LogP contribution in [-0.2, 0) is 10.0 Å². The molecule has 1 atom stereocenters. The summed E-state index contributed by atoms with van der Waals surface area (Å²) < 4.78 is 56.1. The normalized spacial score (nSPS) is 15.2. The highest BCUT2D eigenvalue weighted by molar-refractivity contribution is 7.93. The molecule has 168 valence electrons. The smallest absolute Gasteiger partial charge is 0.270 e. The molecule has 2 heterocycles. The standard InChI is InChI=1S/C21H15ClF2N6O2S/c1-11(29-21-16(9-25)20(26)27-10-28-21)18-5-12-3-2-4-17(22)19(12)33(31,32)30(18)15-7-13(23)6-14(24)8-15/h2-8,10-11H,1H3,(H3,26,27,28,29)/t11-/m0/s1. The van der Waals surface area contributed by atoms with Gasteiger partial charge in [0, 0.05) is 6.07 Å². The number of hydrogen-bond donors (Lipinski definition) is 2. The Labute approximate surface area is 193 Å². The maximum Gasteiger partial charge on any atom is 0.270 e. The average molecular weight is 489 g/mol. The number of anilines is 3. The molecule has 1 aromatic heterocycles. The van der Waals surface area contributed by atoms with Crippen LogP contribution in [0.2, 0.25) is 5.02 Å². The van der Waals surface area contributed by atoms with Gasteiger partial charge in [0.15, 0.2) is 0 Å². The lowest BCUT2D eigenvalue weighted by molar-refractivity contribution is 0.581. The molecule has 4 rings (SSSR count). The number of nitriles is 1. The SMILES string of the molecule is C[C@H](Nc1ncnc(N)c1C#N)C1=Cc2cccc(Cl)c2S(=O)(=O)N1c1cc(F)cc(F)c1. The fourth-order valence-electron chi connectivity index (χ4n) is 3.50. The summed E-state index contributed by atoms with van der Waals surface area (Å²) in [6.45, 7) is 1.60. The van der Waals surface area contributed by atoms with Gasteiger partial charge in [0.2, 0.25) is 0 Å². The van der Waals surface area contributed by atoms with Crippen molar-refractivity contribution in [2.24, 2.45) is 0 Å². The van der Waals surface area contributed by atoms with Crippen LogP contribution in [0.3, 0.4) is 0 Å². The number of hydrogen-bond acceptors (Lipinski definition) is 7. The van der Waals surface area contributed by atoms with Crippen LogP contribution in [0.15, 0.2) is 53.3 Å². The van der Waals surface area contributed by atoms with Crippen LogP contribution in [0.5, 0.6) is 0 Å². The summed E-state index contributed by atoms with van der Waals surface area (Å²) in [5.41, 5.74) is 5.83. The Bertz CT molecular complexity index is 1440. The number of nitrogens with one attached hydrogen (secondary N) is 1. The molecule has 0 saturated carbocycles. The maximum atomic E-state index is 14.0. The van der Waals surface area contributed by atoms with Gasteiger partial charge in [-0.15, -0.1) is 0 Å². The third-order valence-electron chi connectivity index (χ3n) is 4.90. The molecule has 1 aliphatic heterocycles. The summed E-state index contributed by atoms with van der Waals surface area (Å²) in [5, 5.41) is 12.3. The van der Waals surface area contributed by atoms with Crippen molar-refractivity contribution in [3.63, 3.8) is 0 Å². The molecule has 0 fully saturated rings. The average Bonchev–Trinajstić information content (AvgIpc) is 2.72. The molecule has 8 nitrogen and oxygen atoms in total. The zero-order valence-corrected chi connectivity index (χ0v) is 18.5. The molecule has 0 radical (unpaired) electrons. The number of benzene rings is 2. The van der Waals surface area contributed by atoms with E-state index in [9.17, 15) is 22.5 Å². The Hall–Kier alpha value is -3.75. The molecular weight excluding hydrogens is 474 g/mol. The highest BCUT2D eigenvalue weighted by atomic mass is 35.5. The summed E-state index contributed by atoms with van der Waals surface area (Å²) in [6, 6.07) is 8.04. The Morgan fingerprint density at radius 1 is 1.21 bits per heavy atom. The van der Waals surface area contributed by atoms with Crippen molar-refractivity contribution in [2.45, 2.75) is 17.9 Å². The number of nitrogens with two attached hydrogens (primary N) is 1. The molecule has 0 aliphatic carbocycles. The van der Waals surface area contributed by atoms with E-state index < -0.39 is 27.7 Å². The first-order chi connectivity index (χ1) is 15.6. The second-order valence-electron chi connectivity index (χ2n) is 7.08. The fraction of sp³-hybridized carbons (Fsp3) is 0.0952. The lowest BCUT2D eigenvalue weighted by Crippen LogP contribution is -2.40. The quantitative estimate of drug-likeness (QED) is 0.570. The van der Waals surface area contributed by atoms with Crippen molar-refractivity contribution < 1.29 is 17.2 Å². The lowest BCUT2D eigenvalue weighted by atomic mass is 10.1. The van der Waals surface area contributed by atoms with E-state index in [1.807, 2.05) is 6.07 Å². The van der Waals surface area contributed by atoms with Crippen molar-refractivity contribution in [2.75, 3.05) is 15.4 Å². The molecule has 0 amide bonds. The second-order valence-corrected chi connectivity index (χ2v) is 9.22. The van der Waals surface area contributed by atoms with Gasteiger partial charge in [0.25, 0.3) is 10.0 Å². The molecule has 2 aromatic carbocycles. The van der Waals surface area contributed by atoms with Crippen molar-refractivity contribution >= 4 is 45.0 Å². The highest BCUT2D eigenvalue weighted by Gasteiger charge is 2.38. The summed E-state index contributed by atoms with van der Waals surface area (Å²) in [4.78, 5) is 7.57. The van der Waals surface area contributed by atoms with E-state index in [0.717, 1.165) is 22.8 Å². The largest absolute Gasteiger partial charge is 0.382 e. The number of nitrogen functional groups attached to an aromatic ring is 1. The zero-order chi connectivity index (χ0) is 23.9. The molecule has 3 N–H and O–H groups in total. The Kier molecular flexibility index (Phi) is 5.65. The van der Waals surface area contributed by atoms with Crippen LogP contribution in [0.25, 0.3) is 6.08 Å². The van der Waals surface area contributed by atoms with Crippen LogP contribution < -0.4 is 15.4 Å². The molecule has 12 heteroatoms. The monoisotopic (exact) mass is 488 g/mol. The van der Waals surface area contributed by atoms with E-state index in [-0.39, 0.29) is 38.5 Å². The number of aromatic nitrogens is 2. The summed E-state index contributed by atoms with van der Waals surface area (Å²) >= 11 is 6.19. The Morgan fingerprint density at radius 3 is 2.58 bits per heavy atom. The van der Waals surface area contributed by atoms with E-state index in [1.54, 1.807) is 19.1 Å². The first-order valence-corrected chi connectivity index (χ1v) is 11.2. The van der Waals surface area contributed by atoms with Crippen molar-refractivity contribution in [1.82, 2.24) is 9.97 Å². The van der Waals surface area contributed by atoms with Crippen molar-refractivity contribution in [3.05, 3.63) is 76.2 Å². The van der Waals surface area contributed by atoms with E-state index in [4.69, 9.17) is 17.3 Å². The molecule has 0 bridgehead atoms. The predicted molar refractivity (Wildman–Crippen MR) is 120 cm³/mol. The van der Waals surface area contributed by atoms with Gasteiger partial charge >= 0.3 is 0 Å². The van der Waals surface area contributed by atoms with Gasteiger partial charge in [-0.2, -0.15) is 5.26 Å². The molecule has 0 unspecified atom stereocenters. The van der Waals surface area contributed by atoms with Gasteiger partial charge in [-0.1, -0.05) is 23.7 Å². The zero-order valence-electron chi connectivity index (χ0n) is 16.9. The minimum absolute atomic E-state index is 0.0320. The molecule has 1 aliphatic rings. The minimum Gasteiger partial charge on any atom is -0.382 e. The van der Waals surface area contributed by atoms with Crippen molar-refractivity contribution in [3.8, 4) is 6.07 Å². The minimum atomic E-state index is -4.37. The van der Waals surface area contributed by atoms with Crippen LogP contribution in [0, 0.1) is 23.0 Å². The van der Waals surface area contributed by atoms with E-state index in [1.165, 1.54) is 12.1 Å². The third kappa shape index (κ3) is 3.94. The van der Waals surface area contributed by atoms with Gasteiger partial charge in [0.05, 0.1) is 22.4 Å².